The number of rotatable bonds is 1. The molecule has 1 aromatic rings. The predicted octanol–water partition coefficient (Wildman–Crippen LogP) is -2.14. The Bertz CT molecular complexity index is 489. The summed E-state index contributed by atoms with van der Waals surface area (Å²) >= 11 is 0. The summed E-state index contributed by atoms with van der Waals surface area (Å²) < 4.78 is 6.55. The van der Waals surface area contributed by atoms with E-state index in [1.165, 1.54) is 17.2 Å². The third-order valence-electron chi connectivity index (χ3n) is 3.03. The van der Waals surface area contributed by atoms with Crippen molar-refractivity contribution in [1.29, 1.82) is 0 Å². The number of aromatic nitrogens is 2. The molecule has 9 heteroatoms. The van der Waals surface area contributed by atoms with E-state index in [2.05, 4.69) is 15.3 Å². The van der Waals surface area contributed by atoms with Gasteiger partial charge in [0.1, 0.15) is 29.9 Å². The molecule has 1 fully saturated rings. The Labute approximate surface area is 102 Å². The summed E-state index contributed by atoms with van der Waals surface area (Å²) in [7, 11) is 0. The molecule has 0 unspecified atom stereocenters. The molecule has 9 nitrogen and oxygen atoms in total. The Morgan fingerprint density at radius 3 is 2.78 bits per heavy atom. The van der Waals surface area contributed by atoms with E-state index in [0.717, 1.165) is 0 Å². The number of hydrogen-bond donors (Lipinski definition) is 5. The van der Waals surface area contributed by atoms with E-state index in [0.29, 0.717) is 11.5 Å². The van der Waals surface area contributed by atoms with Crippen LogP contribution in [0.3, 0.4) is 0 Å². The average Bonchev–Trinajstić information content (AvgIpc) is 2.88. The van der Waals surface area contributed by atoms with Gasteiger partial charge >= 0.3 is 0 Å². The zero-order chi connectivity index (χ0) is 12.9. The van der Waals surface area contributed by atoms with Crippen LogP contribution in [0, 0.1) is 0 Å². The molecule has 1 saturated heterocycles. The molecule has 2 aliphatic heterocycles. The highest BCUT2D eigenvalue weighted by atomic mass is 16.7. The molecular formula is C9H13N5O4. The van der Waals surface area contributed by atoms with Crippen LogP contribution < -0.4 is 11.1 Å². The van der Waals surface area contributed by atoms with Crippen LogP contribution in [-0.4, -0.2) is 49.7 Å². The van der Waals surface area contributed by atoms with Crippen LogP contribution in [0.2, 0.25) is 0 Å². The molecule has 0 radical (unpaired) electrons. The molecule has 5 atom stereocenters. The summed E-state index contributed by atoms with van der Waals surface area (Å²) in [4.78, 5) is 8.00. The maximum Gasteiger partial charge on any atom is 0.186 e. The normalized spacial score (nSPS) is 38.6. The Hall–Kier alpha value is -1.52. The van der Waals surface area contributed by atoms with Gasteiger partial charge in [-0.3, -0.25) is 9.56 Å². The van der Waals surface area contributed by atoms with E-state index in [1.807, 2.05) is 0 Å². The predicted molar refractivity (Wildman–Crippen MR) is 59.4 cm³/mol. The van der Waals surface area contributed by atoms with Crippen molar-refractivity contribution in [1.82, 2.24) is 9.55 Å². The first-order chi connectivity index (χ1) is 8.59. The number of nitrogens with zero attached hydrogens (tertiary/aromatic N) is 3. The first-order valence-corrected chi connectivity index (χ1v) is 5.39. The van der Waals surface area contributed by atoms with Gasteiger partial charge in [0.05, 0.1) is 12.7 Å². The number of ether oxygens (including phenoxy) is 1. The van der Waals surface area contributed by atoms with Crippen molar-refractivity contribution >= 4 is 12.2 Å². The SMILES string of the molecule is N[C@@H]1N=CNc2c1ncn2[C@@H]1O[C@H](O)[C@@H](O)[C@H]1O. The molecule has 6 N–H and O–H groups in total. The van der Waals surface area contributed by atoms with Crippen molar-refractivity contribution in [2.75, 3.05) is 5.32 Å². The van der Waals surface area contributed by atoms with Crippen molar-refractivity contribution in [3.8, 4) is 0 Å². The van der Waals surface area contributed by atoms with Gasteiger partial charge in [0.25, 0.3) is 0 Å². The largest absolute Gasteiger partial charge is 0.385 e. The molecule has 98 valence electrons. The smallest absolute Gasteiger partial charge is 0.186 e. The Balaban J connectivity index is 1.95. The lowest BCUT2D eigenvalue weighted by atomic mass is 10.2. The van der Waals surface area contributed by atoms with Crippen LogP contribution in [0.15, 0.2) is 11.3 Å². The summed E-state index contributed by atoms with van der Waals surface area (Å²) in [5, 5.41) is 31.5. The van der Waals surface area contributed by atoms with Crippen molar-refractivity contribution in [2.24, 2.45) is 10.7 Å². The van der Waals surface area contributed by atoms with Crippen molar-refractivity contribution < 1.29 is 20.1 Å². The molecule has 0 aromatic carbocycles. The second kappa shape index (κ2) is 4.00. The number of aliphatic hydroxyl groups excluding tert-OH is 3. The van der Waals surface area contributed by atoms with Gasteiger partial charge in [-0.2, -0.15) is 0 Å². The number of fused-ring (bicyclic) bond motifs is 1. The quantitative estimate of drug-likeness (QED) is 0.386. The van der Waals surface area contributed by atoms with E-state index >= 15 is 0 Å². The lowest BCUT2D eigenvalue weighted by molar-refractivity contribution is -0.141. The number of imidazole rings is 1. The maximum atomic E-state index is 9.79. The topological polar surface area (TPSA) is 138 Å². The highest BCUT2D eigenvalue weighted by Crippen LogP contribution is 2.33. The number of nitrogens with one attached hydrogen (secondary N) is 1. The lowest BCUT2D eigenvalue weighted by Crippen LogP contribution is -2.31. The van der Waals surface area contributed by atoms with Gasteiger partial charge < -0.3 is 31.1 Å². The third kappa shape index (κ3) is 1.53. The maximum absolute atomic E-state index is 9.79. The molecule has 0 spiro atoms. The highest BCUT2D eigenvalue weighted by molar-refractivity contribution is 5.77. The molecule has 0 bridgehead atoms. The fourth-order valence-corrected chi connectivity index (χ4v) is 2.05. The Kier molecular flexibility index (Phi) is 2.57. The van der Waals surface area contributed by atoms with Gasteiger partial charge in [-0.1, -0.05) is 0 Å². The lowest BCUT2D eigenvalue weighted by Gasteiger charge is -2.20. The van der Waals surface area contributed by atoms with E-state index in [4.69, 9.17) is 10.5 Å². The Morgan fingerprint density at radius 1 is 1.33 bits per heavy atom. The molecule has 0 saturated carbocycles. The van der Waals surface area contributed by atoms with Crippen molar-refractivity contribution in [3.63, 3.8) is 0 Å². The van der Waals surface area contributed by atoms with E-state index in [9.17, 15) is 15.3 Å². The first kappa shape index (κ1) is 11.6. The number of aliphatic hydroxyl groups is 3. The molecule has 0 aliphatic carbocycles. The fourth-order valence-electron chi connectivity index (χ4n) is 2.05. The summed E-state index contributed by atoms with van der Waals surface area (Å²) in [6, 6.07) is 0. The second-order valence-electron chi connectivity index (χ2n) is 4.15. The van der Waals surface area contributed by atoms with Crippen LogP contribution in [0.4, 0.5) is 5.82 Å². The zero-order valence-corrected chi connectivity index (χ0v) is 9.21. The van der Waals surface area contributed by atoms with E-state index < -0.39 is 30.9 Å². The first-order valence-electron chi connectivity index (χ1n) is 5.39. The summed E-state index contributed by atoms with van der Waals surface area (Å²) in [6.45, 7) is 0. The molecule has 3 rings (SSSR count). The van der Waals surface area contributed by atoms with Crippen molar-refractivity contribution in [3.05, 3.63) is 12.0 Å². The second-order valence-corrected chi connectivity index (χ2v) is 4.15. The fraction of sp³-hybridized carbons (Fsp3) is 0.556. The minimum Gasteiger partial charge on any atom is -0.385 e. The molecule has 1 aromatic heterocycles. The standard InChI is InChI=1S/C9H13N5O4/c10-6-3-7(12-1-11-6)14(2-13-3)8-4(15)5(16)9(17)18-8/h1-2,4-6,8-9,15-17H,10H2,(H,11,12)/t4-,5+,6-,8-,9+/m1/s1. The minimum absolute atomic E-state index is 0.504. The van der Waals surface area contributed by atoms with Gasteiger partial charge in [0.15, 0.2) is 12.5 Å². The molecule has 2 aliphatic rings. The van der Waals surface area contributed by atoms with E-state index in [1.54, 1.807) is 0 Å². The highest BCUT2D eigenvalue weighted by Gasteiger charge is 2.44. The van der Waals surface area contributed by atoms with Crippen LogP contribution in [0.25, 0.3) is 0 Å². The van der Waals surface area contributed by atoms with Gasteiger partial charge in [-0.05, 0) is 0 Å². The number of anilines is 1. The zero-order valence-electron chi connectivity index (χ0n) is 9.21. The molecule has 18 heavy (non-hydrogen) atoms. The molecular weight excluding hydrogens is 242 g/mol. The van der Waals surface area contributed by atoms with Crippen LogP contribution >= 0.6 is 0 Å². The van der Waals surface area contributed by atoms with E-state index in [-0.39, 0.29) is 0 Å². The summed E-state index contributed by atoms with van der Waals surface area (Å²) in [6.07, 6.45) is -2.75. The van der Waals surface area contributed by atoms with Gasteiger partial charge in [0.2, 0.25) is 0 Å². The minimum atomic E-state index is -1.44. The van der Waals surface area contributed by atoms with Crippen LogP contribution in [0.1, 0.15) is 18.1 Å². The van der Waals surface area contributed by atoms with Gasteiger partial charge in [-0.15, -0.1) is 0 Å². The summed E-state index contributed by atoms with van der Waals surface area (Å²) in [5.41, 5.74) is 6.24. The number of nitrogens with two attached hydrogens (primary N) is 1. The van der Waals surface area contributed by atoms with Crippen LogP contribution in [-0.2, 0) is 4.74 Å². The third-order valence-corrected chi connectivity index (χ3v) is 3.03. The number of hydrogen-bond acceptors (Lipinski definition) is 8. The monoisotopic (exact) mass is 255 g/mol. The van der Waals surface area contributed by atoms with Gasteiger partial charge in [0, 0.05) is 0 Å². The number of aliphatic imine (C=N–C) groups is 1. The average molecular weight is 255 g/mol. The van der Waals surface area contributed by atoms with Crippen molar-refractivity contribution in [2.45, 2.75) is 30.9 Å². The summed E-state index contributed by atoms with van der Waals surface area (Å²) in [5.74, 6) is 0.517. The Morgan fingerprint density at radius 2 is 2.11 bits per heavy atom. The van der Waals surface area contributed by atoms with Gasteiger partial charge in [-0.25, -0.2) is 4.98 Å². The molecule has 0 amide bonds. The molecule has 3 heterocycles. The van der Waals surface area contributed by atoms with Crippen LogP contribution in [0.5, 0.6) is 0 Å².